The average Bonchev–Trinajstić information content (AvgIpc) is 2.28. The Morgan fingerprint density at radius 3 is 2.88 bits per heavy atom. The number of nitrogens with zero attached hydrogens (tertiary/aromatic N) is 1. The van der Waals surface area contributed by atoms with Crippen LogP contribution in [0.5, 0.6) is 0 Å². The fraction of sp³-hybridized carbons (Fsp3) is 0.308. The van der Waals surface area contributed by atoms with Gasteiger partial charge in [-0.05, 0) is 18.1 Å². The molecule has 17 heavy (non-hydrogen) atoms. The Balaban J connectivity index is 2.32. The van der Waals surface area contributed by atoms with Gasteiger partial charge in [0, 0.05) is 17.3 Å². The quantitative estimate of drug-likeness (QED) is 0.897. The molecule has 0 saturated carbocycles. The molecule has 0 bridgehead atoms. The monoisotopic (exact) mass is 251 g/mol. The van der Waals surface area contributed by atoms with E-state index in [9.17, 15) is 4.79 Å². The summed E-state index contributed by atoms with van der Waals surface area (Å²) in [5.41, 5.74) is 2.12. The van der Waals surface area contributed by atoms with Crippen molar-refractivity contribution >= 4 is 23.3 Å². The molecule has 1 aromatic carbocycles. The maximum Gasteiger partial charge on any atom is 0.308 e. The standard InChI is InChI=1S/C13H14ClNO2/c1-9(14)7-15-8-11(13(16)17)6-10-4-2-3-5-12(10)15/h2-5,11H,1,6-8H2,(H,16,17). The Bertz CT molecular complexity index is 458. The van der Waals surface area contributed by atoms with Crippen LogP contribution in [0.3, 0.4) is 0 Å². The van der Waals surface area contributed by atoms with E-state index < -0.39 is 5.97 Å². The van der Waals surface area contributed by atoms with Crippen molar-refractivity contribution in [1.29, 1.82) is 0 Å². The van der Waals surface area contributed by atoms with E-state index in [0.717, 1.165) is 11.3 Å². The normalized spacial score (nSPS) is 18.6. The number of benzene rings is 1. The summed E-state index contributed by atoms with van der Waals surface area (Å²) in [6.45, 7) is 4.64. The van der Waals surface area contributed by atoms with Gasteiger partial charge in [-0.2, -0.15) is 0 Å². The highest BCUT2D eigenvalue weighted by atomic mass is 35.5. The van der Waals surface area contributed by atoms with Gasteiger partial charge in [-0.25, -0.2) is 0 Å². The number of carbonyl (C=O) groups is 1. The predicted octanol–water partition coefficient (Wildman–Crippen LogP) is 2.50. The Morgan fingerprint density at radius 1 is 1.53 bits per heavy atom. The number of fused-ring (bicyclic) bond motifs is 1. The van der Waals surface area contributed by atoms with Crippen LogP contribution in [-0.2, 0) is 11.2 Å². The van der Waals surface area contributed by atoms with Crippen molar-refractivity contribution in [3.05, 3.63) is 41.4 Å². The Labute approximate surface area is 105 Å². The summed E-state index contributed by atoms with van der Waals surface area (Å²) in [5.74, 6) is -1.13. The topological polar surface area (TPSA) is 40.5 Å². The summed E-state index contributed by atoms with van der Waals surface area (Å²) in [6, 6.07) is 7.84. The molecule has 3 nitrogen and oxygen atoms in total. The van der Waals surface area contributed by atoms with E-state index in [-0.39, 0.29) is 5.92 Å². The summed E-state index contributed by atoms with van der Waals surface area (Å²) >= 11 is 5.82. The van der Waals surface area contributed by atoms with E-state index >= 15 is 0 Å². The summed E-state index contributed by atoms with van der Waals surface area (Å²) in [6.07, 6.45) is 0.580. The van der Waals surface area contributed by atoms with Crippen LogP contribution < -0.4 is 4.90 Å². The molecule has 1 unspecified atom stereocenters. The highest BCUT2D eigenvalue weighted by Crippen LogP contribution is 2.30. The van der Waals surface area contributed by atoms with Crippen LogP contribution in [0.25, 0.3) is 0 Å². The second-order valence-corrected chi connectivity index (χ2v) is 4.80. The molecule has 0 radical (unpaired) electrons. The molecular weight excluding hydrogens is 238 g/mol. The Kier molecular flexibility index (Phi) is 3.38. The molecule has 1 aromatic rings. The minimum atomic E-state index is -0.760. The van der Waals surface area contributed by atoms with Gasteiger partial charge in [0.1, 0.15) is 0 Å². The van der Waals surface area contributed by atoms with Crippen LogP contribution in [0.2, 0.25) is 0 Å². The molecular formula is C13H14ClNO2. The van der Waals surface area contributed by atoms with E-state index in [1.807, 2.05) is 29.2 Å². The average molecular weight is 252 g/mol. The number of hydrogen-bond acceptors (Lipinski definition) is 2. The van der Waals surface area contributed by atoms with Crippen LogP contribution in [0.15, 0.2) is 35.9 Å². The molecule has 0 fully saturated rings. The Hall–Kier alpha value is -1.48. The third-order valence-electron chi connectivity index (χ3n) is 2.95. The zero-order valence-electron chi connectivity index (χ0n) is 9.40. The molecule has 1 atom stereocenters. The first-order valence-electron chi connectivity index (χ1n) is 5.47. The van der Waals surface area contributed by atoms with Gasteiger partial charge in [0.05, 0.1) is 12.5 Å². The van der Waals surface area contributed by atoms with Gasteiger partial charge in [0.2, 0.25) is 0 Å². The van der Waals surface area contributed by atoms with E-state index in [1.165, 1.54) is 0 Å². The Morgan fingerprint density at radius 2 is 2.24 bits per heavy atom. The third-order valence-corrected chi connectivity index (χ3v) is 3.07. The summed E-state index contributed by atoms with van der Waals surface area (Å²) in [5, 5.41) is 9.65. The number of anilines is 1. The minimum Gasteiger partial charge on any atom is -0.481 e. The van der Waals surface area contributed by atoms with Crippen molar-refractivity contribution in [1.82, 2.24) is 0 Å². The lowest BCUT2D eigenvalue weighted by molar-refractivity contribution is -0.141. The van der Waals surface area contributed by atoms with Crippen LogP contribution in [0.1, 0.15) is 5.56 Å². The fourth-order valence-electron chi connectivity index (χ4n) is 2.21. The van der Waals surface area contributed by atoms with Crippen LogP contribution in [0, 0.1) is 5.92 Å². The largest absolute Gasteiger partial charge is 0.481 e. The number of carboxylic acids is 1. The second-order valence-electron chi connectivity index (χ2n) is 4.27. The number of carboxylic acid groups (broad SMARTS) is 1. The van der Waals surface area contributed by atoms with Gasteiger partial charge in [-0.1, -0.05) is 36.4 Å². The van der Waals surface area contributed by atoms with Crippen molar-refractivity contribution in [3.8, 4) is 0 Å². The van der Waals surface area contributed by atoms with Crippen LogP contribution >= 0.6 is 11.6 Å². The lowest BCUT2D eigenvalue weighted by Crippen LogP contribution is -2.39. The lowest BCUT2D eigenvalue weighted by atomic mass is 9.92. The summed E-state index contributed by atoms with van der Waals surface area (Å²) < 4.78 is 0. The number of aliphatic carboxylic acids is 1. The molecule has 0 saturated heterocycles. The molecule has 0 aromatic heterocycles. The van der Waals surface area contributed by atoms with Gasteiger partial charge in [-0.3, -0.25) is 4.79 Å². The smallest absolute Gasteiger partial charge is 0.308 e. The molecule has 0 spiro atoms. The van der Waals surface area contributed by atoms with Crippen molar-refractivity contribution in [2.45, 2.75) is 6.42 Å². The molecule has 0 amide bonds. The lowest BCUT2D eigenvalue weighted by Gasteiger charge is -2.34. The van der Waals surface area contributed by atoms with Gasteiger partial charge < -0.3 is 10.0 Å². The van der Waals surface area contributed by atoms with Gasteiger partial charge in [0.25, 0.3) is 0 Å². The van der Waals surface area contributed by atoms with Crippen molar-refractivity contribution in [2.24, 2.45) is 5.92 Å². The van der Waals surface area contributed by atoms with Crippen molar-refractivity contribution in [2.75, 3.05) is 18.0 Å². The number of rotatable bonds is 3. The van der Waals surface area contributed by atoms with Crippen LogP contribution in [-0.4, -0.2) is 24.2 Å². The first kappa shape index (κ1) is 12.0. The van der Waals surface area contributed by atoms with E-state index in [4.69, 9.17) is 16.7 Å². The van der Waals surface area contributed by atoms with Gasteiger partial charge in [0.15, 0.2) is 0 Å². The highest BCUT2D eigenvalue weighted by molar-refractivity contribution is 6.29. The van der Waals surface area contributed by atoms with E-state index in [0.29, 0.717) is 24.5 Å². The van der Waals surface area contributed by atoms with Crippen LogP contribution in [0.4, 0.5) is 5.69 Å². The molecule has 1 N–H and O–H groups in total. The first-order valence-corrected chi connectivity index (χ1v) is 5.84. The highest BCUT2D eigenvalue weighted by Gasteiger charge is 2.28. The molecule has 1 aliphatic rings. The molecule has 4 heteroatoms. The zero-order valence-corrected chi connectivity index (χ0v) is 10.2. The molecule has 1 heterocycles. The van der Waals surface area contributed by atoms with E-state index in [1.54, 1.807) is 0 Å². The first-order chi connectivity index (χ1) is 8.08. The minimum absolute atomic E-state index is 0.374. The molecule has 90 valence electrons. The van der Waals surface area contributed by atoms with Crippen molar-refractivity contribution in [3.63, 3.8) is 0 Å². The van der Waals surface area contributed by atoms with E-state index in [2.05, 4.69) is 6.58 Å². The number of hydrogen-bond donors (Lipinski definition) is 1. The zero-order chi connectivity index (χ0) is 12.4. The third kappa shape index (κ3) is 2.61. The molecule has 1 aliphatic heterocycles. The van der Waals surface area contributed by atoms with Gasteiger partial charge >= 0.3 is 5.97 Å². The summed E-state index contributed by atoms with van der Waals surface area (Å²) in [7, 11) is 0. The molecule has 0 aliphatic carbocycles. The van der Waals surface area contributed by atoms with Gasteiger partial charge in [-0.15, -0.1) is 0 Å². The maximum absolute atomic E-state index is 11.1. The van der Waals surface area contributed by atoms with Crippen molar-refractivity contribution < 1.29 is 9.90 Å². The second kappa shape index (κ2) is 4.80. The predicted molar refractivity (Wildman–Crippen MR) is 68.5 cm³/mol. The SMILES string of the molecule is C=C(Cl)CN1CC(C(=O)O)Cc2ccccc21. The fourth-order valence-corrected chi connectivity index (χ4v) is 2.35. The number of para-hydroxylation sites is 1. The summed E-state index contributed by atoms with van der Waals surface area (Å²) in [4.78, 5) is 13.1. The number of halogens is 1. The maximum atomic E-state index is 11.1. The molecule has 2 rings (SSSR count).